The molecule has 0 unspecified atom stereocenters. The van der Waals surface area contributed by atoms with Crippen LogP contribution in [0.15, 0.2) is 40.1 Å². The Kier molecular flexibility index (Phi) is 6.03. The summed E-state index contributed by atoms with van der Waals surface area (Å²) in [4.78, 5) is 17.7. The van der Waals surface area contributed by atoms with E-state index in [2.05, 4.69) is 54.3 Å². The highest BCUT2D eigenvalue weighted by atomic mass is 32.1. The van der Waals surface area contributed by atoms with Crippen molar-refractivity contribution in [3.05, 3.63) is 62.6 Å². The van der Waals surface area contributed by atoms with Crippen molar-refractivity contribution in [2.45, 2.75) is 40.2 Å². The summed E-state index contributed by atoms with van der Waals surface area (Å²) in [6.45, 7) is 7.12. The summed E-state index contributed by atoms with van der Waals surface area (Å²) in [5, 5.41) is 20.1. The van der Waals surface area contributed by atoms with E-state index in [1.165, 1.54) is 15.1 Å². The second-order valence-electron chi connectivity index (χ2n) is 8.39. The Morgan fingerprint density at radius 3 is 2.86 bits per heavy atom. The molecule has 180 valence electrons. The lowest BCUT2D eigenvalue weighted by Crippen LogP contribution is -2.31. The fourth-order valence-electron chi connectivity index (χ4n) is 4.32. The summed E-state index contributed by atoms with van der Waals surface area (Å²) in [5.74, 6) is -0.240. The summed E-state index contributed by atoms with van der Waals surface area (Å²) in [5.41, 5.74) is 13.3. The summed E-state index contributed by atoms with van der Waals surface area (Å²) in [6, 6.07) is 10.3. The first-order valence-corrected chi connectivity index (χ1v) is 12.0. The topological polar surface area (TPSA) is 140 Å². The lowest BCUT2D eigenvalue weighted by molar-refractivity contribution is 0.0948. The summed E-state index contributed by atoms with van der Waals surface area (Å²) < 4.78 is 6.17. The van der Waals surface area contributed by atoms with E-state index in [4.69, 9.17) is 10.4 Å². The molecule has 35 heavy (non-hydrogen) atoms. The van der Waals surface area contributed by atoms with Gasteiger partial charge in [-0.2, -0.15) is 9.78 Å². The number of carbonyl (C=O) groups excluding carboxylic acids is 1. The number of rotatable bonds is 6. The molecular weight excluding hydrogens is 466 g/mol. The largest absolute Gasteiger partial charge is 0.378 e. The molecule has 1 amide bonds. The van der Waals surface area contributed by atoms with E-state index in [1.54, 1.807) is 11.3 Å². The van der Waals surface area contributed by atoms with E-state index in [9.17, 15) is 4.79 Å². The zero-order valence-electron chi connectivity index (χ0n) is 19.6. The molecular formula is C23H25N9O2S. The second-order valence-corrected chi connectivity index (χ2v) is 9.85. The lowest BCUT2D eigenvalue weighted by Gasteiger charge is -2.31. The summed E-state index contributed by atoms with van der Waals surface area (Å²) >= 11 is 1.69. The van der Waals surface area contributed by atoms with Gasteiger partial charge in [0.1, 0.15) is 0 Å². The van der Waals surface area contributed by atoms with Crippen LogP contribution in [0.3, 0.4) is 0 Å². The van der Waals surface area contributed by atoms with Crippen molar-refractivity contribution in [2.24, 2.45) is 5.10 Å². The van der Waals surface area contributed by atoms with Crippen molar-refractivity contribution < 1.29 is 9.42 Å². The van der Waals surface area contributed by atoms with Crippen molar-refractivity contribution in [1.82, 2.24) is 30.7 Å². The van der Waals surface area contributed by atoms with Crippen molar-refractivity contribution in [1.29, 1.82) is 0 Å². The van der Waals surface area contributed by atoms with Crippen molar-refractivity contribution in [2.75, 3.05) is 17.2 Å². The summed E-state index contributed by atoms with van der Waals surface area (Å²) in [7, 11) is 0. The maximum Gasteiger partial charge on any atom is 0.293 e. The number of nitrogens with zero attached hydrogens (tertiary/aromatic N) is 7. The third-order valence-corrected chi connectivity index (χ3v) is 6.94. The van der Waals surface area contributed by atoms with Gasteiger partial charge in [0.05, 0.1) is 18.0 Å². The van der Waals surface area contributed by atoms with Crippen LogP contribution in [0.25, 0.3) is 5.82 Å². The number of carbonyl (C=O) groups is 1. The standard InChI is InChI=1S/C23H25N9O2S/c1-13-11-17(15(3)35-13)14(2)25-27-23(33)20-19(32(30-26-20)22-21(24)28-34-29-22)12-31-10-6-8-16-7-4-5-9-18(16)31/h4-5,7,9,11H,6,8,10,12H2,1-3H3,(H2,24,28)(H,27,33)/b25-14-. The highest BCUT2D eigenvalue weighted by Crippen LogP contribution is 2.29. The van der Waals surface area contributed by atoms with Gasteiger partial charge < -0.3 is 10.6 Å². The Labute approximate surface area is 205 Å². The number of para-hydroxylation sites is 1. The number of nitrogens with two attached hydrogens (primary N) is 1. The molecule has 0 saturated carbocycles. The van der Waals surface area contributed by atoms with E-state index in [1.807, 2.05) is 32.9 Å². The van der Waals surface area contributed by atoms with E-state index >= 15 is 0 Å². The Balaban J connectivity index is 1.48. The van der Waals surface area contributed by atoms with E-state index < -0.39 is 5.91 Å². The number of nitrogens with one attached hydrogen (secondary N) is 1. The number of aryl methyl sites for hydroxylation is 3. The van der Waals surface area contributed by atoms with E-state index in [0.717, 1.165) is 35.5 Å². The van der Waals surface area contributed by atoms with E-state index in [0.29, 0.717) is 18.0 Å². The molecule has 5 rings (SSSR count). The highest BCUT2D eigenvalue weighted by Gasteiger charge is 2.27. The van der Waals surface area contributed by atoms with Crippen molar-refractivity contribution >= 4 is 34.5 Å². The number of aromatic nitrogens is 5. The first kappa shape index (κ1) is 22.7. The van der Waals surface area contributed by atoms with Gasteiger partial charge >= 0.3 is 0 Å². The summed E-state index contributed by atoms with van der Waals surface area (Å²) in [6.07, 6.45) is 2.00. The quantitative estimate of drug-likeness (QED) is 0.310. The van der Waals surface area contributed by atoms with Crippen molar-refractivity contribution in [3.8, 4) is 5.82 Å². The number of nitrogen functional groups attached to an aromatic ring is 1. The molecule has 0 bridgehead atoms. The molecule has 3 aromatic heterocycles. The molecule has 0 atom stereocenters. The average molecular weight is 492 g/mol. The minimum absolute atomic E-state index is 0.0549. The molecule has 12 heteroatoms. The van der Waals surface area contributed by atoms with Crippen LogP contribution in [0, 0.1) is 13.8 Å². The maximum absolute atomic E-state index is 13.2. The molecule has 1 aliphatic heterocycles. The Morgan fingerprint density at radius 1 is 1.29 bits per heavy atom. The van der Waals surface area contributed by atoms with Gasteiger partial charge in [0.15, 0.2) is 5.69 Å². The second kappa shape index (κ2) is 9.29. The molecule has 0 fully saturated rings. The lowest BCUT2D eigenvalue weighted by atomic mass is 10.0. The SMILES string of the molecule is C/C(=N/NC(=O)c1nnn(-c2nonc2N)c1CN1CCCc2ccccc21)c1cc(C)sc1C. The normalized spacial score (nSPS) is 13.7. The van der Waals surface area contributed by atoms with Gasteiger partial charge in [0.2, 0.25) is 11.6 Å². The van der Waals surface area contributed by atoms with Crippen LogP contribution in [0.4, 0.5) is 11.5 Å². The number of fused-ring (bicyclic) bond motifs is 1. The van der Waals surface area contributed by atoms with E-state index in [-0.39, 0.29) is 17.3 Å². The number of benzene rings is 1. The number of hydrogen-bond acceptors (Lipinski definition) is 10. The average Bonchev–Trinajstić information content (AvgIpc) is 3.55. The van der Waals surface area contributed by atoms with Crippen LogP contribution in [0.5, 0.6) is 0 Å². The monoisotopic (exact) mass is 491 g/mol. The van der Waals surface area contributed by atoms with Gasteiger partial charge in [-0.05, 0) is 61.6 Å². The molecule has 1 aliphatic rings. The van der Waals surface area contributed by atoms with Crippen LogP contribution < -0.4 is 16.1 Å². The van der Waals surface area contributed by atoms with Gasteiger partial charge in [-0.25, -0.2) is 10.1 Å². The minimum Gasteiger partial charge on any atom is -0.378 e. The number of anilines is 2. The van der Waals surface area contributed by atoms with Crippen LogP contribution in [-0.2, 0) is 13.0 Å². The third-order valence-electron chi connectivity index (χ3n) is 5.98. The molecule has 0 radical (unpaired) electrons. The number of thiophene rings is 1. The van der Waals surface area contributed by atoms with Gasteiger partial charge in [-0.15, -0.1) is 16.4 Å². The van der Waals surface area contributed by atoms with Gasteiger partial charge in [-0.3, -0.25) is 4.79 Å². The number of amides is 1. The highest BCUT2D eigenvalue weighted by molar-refractivity contribution is 7.12. The fourth-order valence-corrected chi connectivity index (χ4v) is 5.30. The van der Waals surface area contributed by atoms with Crippen LogP contribution >= 0.6 is 11.3 Å². The molecule has 0 aliphatic carbocycles. The Hall–Kier alpha value is -4.06. The first-order chi connectivity index (χ1) is 16.9. The Morgan fingerprint density at radius 2 is 2.11 bits per heavy atom. The van der Waals surface area contributed by atoms with Gasteiger partial charge in [0, 0.05) is 27.5 Å². The maximum atomic E-state index is 13.2. The fraction of sp³-hybridized carbons (Fsp3) is 0.304. The zero-order valence-corrected chi connectivity index (χ0v) is 20.5. The smallest absolute Gasteiger partial charge is 0.293 e. The van der Waals surface area contributed by atoms with Crippen LogP contribution in [-0.4, -0.2) is 43.5 Å². The molecule has 1 aromatic carbocycles. The molecule has 0 spiro atoms. The van der Waals surface area contributed by atoms with Gasteiger partial charge in [-0.1, -0.05) is 23.4 Å². The molecule has 4 heterocycles. The molecule has 4 aromatic rings. The molecule has 0 saturated heterocycles. The van der Waals surface area contributed by atoms with Crippen LogP contribution in [0.2, 0.25) is 0 Å². The Bertz CT molecular complexity index is 1420. The third kappa shape index (κ3) is 4.39. The number of hydrogen-bond donors (Lipinski definition) is 2. The van der Waals surface area contributed by atoms with Crippen LogP contribution in [0.1, 0.15) is 50.4 Å². The van der Waals surface area contributed by atoms with Gasteiger partial charge in [0.25, 0.3) is 5.91 Å². The molecule has 3 N–H and O–H groups in total. The zero-order chi connectivity index (χ0) is 24.5. The minimum atomic E-state index is -0.476. The van der Waals surface area contributed by atoms with Crippen molar-refractivity contribution in [3.63, 3.8) is 0 Å². The first-order valence-electron chi connectivity index (χ1n) is 11.2. The number of hydrazone groups is 1. The molecule has 11 nitrogen and oxygen atoms in total. The predicted molar refractivity (Wildman–Crippen MR) is 133 cm³/mol. The predicted octanol–water partition coefficient (Wildman–Crippen LogP) is 3.02.